The molecular formula is C31H25N5O. The van der Waals surface area contributed by atoms with Gasteiger partial charge in [0.1, 0.15) is 24.0 Å². The summed E-state index contributed by atoms with van der Waals surface area (Å²) >= 11 is 0. The van der Waals surface area contributed by atoms with E-state index in [4.69, 9.17) is 14.7 Å². The number of nitrogens with one attached hydrogen (secondary N) is 1. The Kier molecular flexibility index (Phi) is 5.10. The van der Waals surface area contributed by atoms with Gasteiger partial charge in [0.2, 0.25) is 0 Å². The number of ether oxygens (including phenoxy) is 1. The molecule has 180 valence electrons. The van der Waals surface area contributed by atoms with E-state index in [1.165, 1.54) is 0 Å². The quantitative estimate of drug-likeness (QED) is 0.309. The third-order valence-corrected chi connectivity index (χ3v) is 6.89. The molecule has 7 rings (SSSR count). The number of aromatic amines is 1. The molecule has 3 heterocycles. The van der Waals surface area contributed by atoms with Gasteiger partial charge in [-0.25, -0.2) is 15.0 Å². The lowest BCUT2D eigenvalue weighted by molar-refractivity contribution is 0.331. The summed E-state index contributed by atoms with van der Waals surface area (Å²) in [4.78, 5) is 20.1. The van der Waals surface area contributed by atoms with Gasteiger partial charge in [-0.3, -0.25) is 0 Å². The summed E-state index contributed by atoms with van der Waals surface area (Å²) in [5, 5.41) is 1.04. The molecule has 37 heavy (non-hydrogen) atoms. The summed E-state index contributed by atoms with van der Waals surface area (Å²) in [6.45, 7) is 4.00. The van der Waals surface area contributed by atoms with Gasteiger partial charge in [0, 0.05) is 23.1 Å². The summed E-state index contributed by atoms with van der Waals surface area (Å²) in [6, 6.07) is 31.2. The monoisotopic (exact) mass is 483 g/mol. The number of hydrogen-bond acceptors (Lipinski definition) is 5. The third-order valence-electron chi connectivity index (χ3n) is 6.89. The number of aryl methyl sites for hydroxylation is 1. The van der Waals surface area contributed by atoms with Crippen molar-refractivity contribution in [3.8, 4) is 28.3 Å². The lowest BCUT2D eigenvalue weighted by Crippen LogP contribution is -2.26. The zero-order chi connectivity index (χ0) is 24.8. The second kappa shape index (κ2) is 8.75. The van der Waals surface area contributed by atoms with Crippen LogP contribution < -0.4 is 9.64 Å². The Morgan fingerprint density at radius 2 is 1.57 bits per heavy atom. The molecule has 0 saturated carbocycles. The average molecular weight is 484 g/mol. The summed E-state index contributed by atoms with van der Waals surface area (Å²) in [6.07, 6.45) is 0. The lowest BCUT2D eigenvalue weighted by atomic mass is 10.0. The highest BCUT2D eigenvalue weighted by Gasteiger charge is 2.21. The molecule has 0 atom stereocenters. The molecule has 0 fully saturated rings. The first-order chi connectivity index (χ1) is 18.2. The predicted octanol–water partition coefficient (Wildman–Crippen LogP) is 6.55. The number of fused-ring (bicyclic) bond motifs is 3. The summed E-state index contributed by atoms with van der Waals surface area (Å²) in [5.41, 5.74) is 7.41. The Balaban J connectivity index is 1.30. The fraction of sp³-hybridized carbons (Fsp3) is 0.129. The molecular weight excluding hydrogens is 458 g/mol. The van der Waals surface area contributed by atoms with Crippen LogP contribution in [0.3, 0.4) is 0 Å². The number of hydrogen-bond donors (Lipinski definition) is 1. The van der Waals surface area contributed by atoms with Gasteiger partial charge < -0.3 is 14.6 Å². The van der Waals surface area contributed by atoms with E-state index in [1.54, 1.807) is 0 Å². The zero-order valence-electron chi connectivity index (χ0n) is 20.5. The van der Waals surface area contributed by atoms with E-state index < -0.39 is 0 Å². The van der Waals surface area contributed by atoms with Crippen molar-refractivity contribution in [2.45, 2.75) is 13.5 Å². The Morgan fingerprint density at radius 1 is 0.757 bits per heavy atom. The van der Waals surface area contributed by atoms with E-state index >= 15 is 0 Å². The molecule has 6 nitrogen and oxygen atoms in total. The summed E-state index contributed by atoms with van der Waals surface area (Å²) < 4.78 is 6.19. The van der Waals surface area contributed by atoms with Crippen molar-refractivity contribution in [3.05, 3.63) is 102 Å². The lowest BCUT2D eigenvalue weighted by Gasteiger charge is -2.23. The number of rotatable bonds is 3. The van der Waals surface area contributed by atoms with Crippen LogP contribution in [0.25, 0.3) is 44.5 Å². The van der Waals surface area contributed by atoms with Crippen molar-refractivity contribution < 1.29 is 4.74 Å². The minimum Gasteiger partial charge on any atom is -0.491 e. The van der Waals surface area contributed by atoms with Crippen LogP contribution in [-0.2, 0) is 6.54 Å². The van der Waals surface area contributed by atoms with Crippen molar-refractivity contribution in [3.63, 3.8) is 0 Å². The van der Waals surface area contributed by atoms with E-state index in [9.17, 15) is 0 Å². The average Bonchev–Trinajstić information content (AvgIpc) is 3.18. The second-order valence-corrected chi connectivity index (χ2v) is 9.40. The van der Waals surface area contributed by atoms with Crippen molar-refractivity contribution in [1.82, 2.24) is 19.9 Å². The molecule has 0 amide bonds. The smallest absolute Gasteiger partial charge is 0.162 e. The largest absolute Gasteiger partial charge is 0.491 e. The maximum atomic E-state index is 6.19. The first-order valence-corrected chi connectivity index (χ1v) is 12.5. The van der Waals surface area contributed by atoms with Crippen LogP contribution in [0.5, 0.6) is 5.75 Å². The molecule has 1 aliphatic heterocycles. The number of nitrogens with zero attached hydrogens (tertiary/aromatic N) is 4. The molecule has 6 aromatic rings. The number of benzene rings is 4. The number of anilines is 1. The van der Waals surface area contributed by atoms with Crippen LogP contribution in [0.1, 0.15) is 11.4 Å². The number of para-hydroxylation sites is 1. The Hall–Kier alpha value is -4.71. The van der Waals surface area contributed by atoms with Gasteiger partial charge in [-0.15, -0.1) is 0 Å². The second-order valence-electron chi connectivity index (χ2n) is 9.40. The van der Waals surface area contributed by atoms with Crippen LogP contribution >= 0.6 is 0 Å². The SMILES string of the molecule is Cc1nc2ccc(-c3ccc4c(c3)CN(c3nc(-c5ccccc5)nc5ccccc35)CCO4)cc2[nH]1. The van der Waals surface area contributed by atoms with Gasteiger partial charge >= 0.3 is 0 Å². The molecule has 4 aromatic carbocycles. The summed E-state index contributed by atoms with van der Waals surface area (Å²) in [5.74, 6) is 3.51. The van der Waals surface area contributed by atoms with Gasteiger partial charge in [-0.05, 0) is 54.4 Å². The molecule has 1 aliphatic rings. The Labute approximate surface area is 214 Å². The fourth-order valence-corrected chi connectivity index (χ4v) is 5.09. The standard InChI is InChI=1S/C31H25N5O/c1-20-32-27-13-11-23(18-28(27)33-20)22-12-14-29-24(17-22)19-36(15-16-37-29)31-25-9-5-6-10-26(25)34-30(35-31)21-7-3-2-4-8-21/h2-14,17-18H,15-16,19H2,1H3,(H,32,33). The molecule has 6 heteroatoms. The highest BCUT2D eigenvalue weighted by Crippen LogP contribution is 2.34. The first-order valence-electron chi connectivity index (χ1n) is 12.5. The molecule has 0 unspecified atom stereocenters. The van der Waals surface area contributed by atoms with Crippen LogP contribution in [0.4, 0.5) is 5.82 Å². The zero-order valence-corrected chi connectivity index (χ0v) is 20.5. The molecule has 0 spiro atoms. The molecule has 0 aliphatic carbocycles. The number of imidazole rings is 1. The molecule has 0 bridgehead atoms. The van der Waals surface area contributed by atoms with Crippen LogP contribution in [0.15, 0.2) is 91.0 Å². The summed E-state index contributed by atoms with van der Waals surface area (Å²) in [7, 11) is 0. The van der Waals surface area contributed by atoms with Crippen molar-refractivity contribution in [2.75, 3.05) is 18.1 Å². The van der Waals surface area contributed by atoms with Crippen LogP contribution in [0, 0.1) is 6.92 Å². The maximum absolute atomic E-state index is 6.19. The van der Waals surface area contributed by atoms with Gasteiger partial charge in [0.05, 0.1) is 23.1 Å². The number of aromatic nitrogens is 4. The van der Waals surface area contributed by atoms with Crippen LogP contribution in [-0.4, -0.2) is 33.1 Å². The highest BCUT2D eigenvalue weighted by molar-refractivity contribution is 5.91. The van der Waals surface area contributed by atoms with Gasteiger partial charge in [-0.1, -0.05) is 54.6 Å². The van der Waals surface area contributed by atoms with Crippen molar-refractivity contribution in [2.24, 2.45) is 0 Å². The van der Waals surface area contributed by atoms with E-state index in [2.05, 4.69) is 75.5 Å². The topological polar surface area (TPSA) is 66.9 Å². The van der Waals surface area contributed by atoms with Crippen molar-refractivity contribution in [1.29, 1.82) is 0 Å². The van der Waals surface area contributed by atoms with Gasteiger partial charge in [0.25, 0.3) is 0 Å². The molecule has 0 saturated heterocycles. The predicted molar refractivity (Wildman–Crippen MR) is 148 cm³/mol. The van der Waals surface area contributed by atoms with Crippen LogP contribution in [0.2, 0.25) is 0 Å². The van der Waals surface area contributed by atoms with E-state index in [0.29, 0.717) is 13.2 Å². The van der Waals surface area contributed by atoms with Gasteiger partial charge in [0.15, 0.2) is 5.82 Å². The minimum atomic E-state index is 0.588. The molecule has 1 N–H and O–H groups in total. The van der Waals surface area contributed by atoms with Crippen molar-refractivity contribution >= 4 is 27.8 Å². The third kappa shape index (κ3) is 3.96. The highest BCUT2D eigenvalue weighted by atomic mass is 16.5. The number of H-pyrrole nitrogens is 1. The Morgan fingerprint density at radius 3 is 2.49 bits per heavy atom. The maximum Gasteiger partial charge on any atom is 0.162 e. The van der Waals surface area contributed by atoms with Gasteiger partial charge in [-0.2, -0.15) is 0 Å². The fourth-order valence-electron chi connectivity index (χ4n) is 5.09. The first kappa shape index (κ1) is 21.6. The minimum absolute atomic E-state index is 0.588. The molecule has 0 radical (unpaired) electrons. The Bertz CT molecular complexity index is 1760. The van der Waals surface area contributed by atoms with E-state index in [1.807, 2.05) is 37.3 Å². The normalized spacial score (nSPS) is 13.4. The molecule has 2 aromatic heterocycles. The van der Waals surface area contributed by atoms with E-state index in [0.717, 1.165) is 74.0 Å². The van der Waals surface area contributed by atoms with E-state index in [-0.39, 0.29) is 0 Å².